The fourth-order valence-electron chi connectivity index (χ4n) is 0.790. The second-order valence-corrected chi connectivity index (χ2v) is 2.25. The van der Waals surface area contributed by atoms with Crippen molar-refractivity contribution in [3.05, 3.63) is 24.0 Å². The predicted molar refractivity (Wildman–Crippen MR) is 50.3 cm³/mol. The third-order valence-electron chi connectivity index (χ3n) is 1.33. The van der Waals surface area contributed by atoms with E-state index in [1.807, 2.05) is 0 Å². The van der Waals surface area contributed by atoms with E-state index in [4.69, 9.17) is 0 Å². The summed E-state index contributed by atoms with van der Waals surface area (Å²) >= 11 is 4.42. The predicted octanol–water partition coefficient (Wildman–Crippen LogP) is 1.60. The average molecular weight is 194 g/mol. The minimum atomic E-state index is -0.537. The molecule has 0 aliphatic heterocycles. The van der Waals surface area contributed by atoms with E-state index in [0.29, 0.717) is 5.69 Å². The van der Waals surface area contributed by atoms with Gasteiger partial charge in [-0.1, -0.05) is 0 Å². The van der Waals surface area contributed by atoms with Gasteiger partial charge in [0.2, 0.25) is 0 Å². The zero-order valence-corrected chi connectivity index (χ0v) is 7.67. The zero-order valence-electron chi connectivity index (χ0n) is 6.85. The average Bonchev–Trinajstić information content (AvgIpc) is 2.18. The normalized spacial score (nSPS) is 8.69. The number of aromatic nitrogens is 1. The molecular weight excluding hydrogens is 188 g/mol. The van der Waals surface area contributed by atoms with Gasteiger partial charge in [-0.3, -0.25) is 0 Å². The molecular formula is C8H6N2O2S. The lowest BCUT2D eigenvalue weighted by molar-refractivity contribution is 0.0595. The Bertz CT molecular complexity index is 372. The summed E-state index contributed by atoms with van der Waals surface area (Å²) in [6.07, 6.45) is 1.48. The lowest BCUT2D eigenvalue weighted by Gasteiger charge is -1.99. The summed E-state index contributed by atoms with van der Waals surface area (Å²) in [5.74, 6) is -0.537. The number of nitrogens with zero attached hydrogens (tertiary/aromatic N) is 2. The van der Waals surface area contributed by atoms with Crippen LogP contribution in [-0.2, 0) is 4.74 Å². The molecule has 13 heavy (non-hydrogen) atoms. The van der Waals surface area contributed by atoms with Gasteiger partial charge in [-0.2, -0.15) is 4.99 Å². The van der Waals surface area contributed by atoms with Crippen LogP contribution in [0.3, 0.4) is 0 Å². The smallest absolute Gasteiger partial charge is 0.358 e. The highest BCUT2D eigenvalue weighted by Crippen LogP contribution is 2.15. The number of methoxy groups -OCH3 is 1. The first-order valence-corrected chi connectivity index (χ1v) is 3.81. The molecule has 1 rings (SSSR count). The fraction of sp³-hybridized carbons (Fsp3) is 0.125. The topological polar surface area (TPSA) is 51.5 Å². The Balaban J connectivity index is 3.18. The SMILES string of the molecule is COC(=O)c1ncccc1N=C=S. The number of aliphatic imine (C=N–C) groups is 1. The second kappa shape index (κ2) is 4.45. The van der Waals surface area contributed by atoms with Crippen LogP contribution in [0.2, 0.25) is 0 Å². The van der Waals surface area contributed by atoms with Gasteiger partial charge in [-0.05, 0) is 24.4 Å². The number of carbonyl (C=O) groups excluding carboxylic acids is 1. The zero-order chi connectivity index (χ0) is 9.68. The molecule has 0 aliphatic rings. The molecule has 0 bridgehead atoms. The molecule has 1 aromatic heterocycles. The maximum Gasteiger partial charge on any atom is 0.358 e. The van der Waals surface area contributed by atoms with E-state index in [0.717, 1.165) is 0 Å². The molecule has 0 radical (unpaired) electrons. The largest absolute Gasteiger partial charge is 0.464 e. The van der Waals surface area contributed by atoms with E-state index in [1.165, 1.54) is 13.3 Å². The third-order valence-corrected chi connectivity index (χ3v) is 1.42. The summed E-state index contributed by atoms with van der Waals surface area (Å²) in [5, 5.41) is 2.16. The highest BCUT2D eigenvalue weighted by atomic mass is 32.1. The molecule has 0 saturated carbocycles. The molecule has 0 N–H and O–H groups in total. The van der Waals surface area contributed by atoms with E-state index >= 15 is 0 Å². The van der Waals surface area contributed by atoms with Crippen LogP contribution in [0.25, 0.3) is 0 Å². The molecule has 0 atom stereocenters. The monoisotopic (exact) mass is 194 g/mol. The van der Waals surface area contributed by atoms with Crippen molar-refractivity contribution in [2.24, 2.45) is 4.99 Å². The van der Waals surface area contributed by atoms with E-state index in [1.54, 1.807) is 12.1 Å². The highest BCUT2D eigenvalue weighted by molar-refractivity contribution is 7.78. The van der Waals surface area contributed by atoms with E-state index in [9.17, 15) is 4.79 Å². The lowest BCUT2D eigenvalue weighted by atomic mass is 10.3. The van der Waals surface area contributed by atoms with Gasteiger partial charge in [0.1, 0.15) is 5.69 Å². The number of ether oxygens (including phenoxy) is 1. The number of esters is 1. The Morgan fingerprint density at radius 1 is 1.77 bits per heavy atom. The van der Waals surface area contributed by atoms with Crippen LogP contribution in [0.4, 0.5) is 5.69 Å². The van der Waals surface area contributed by atoms with Crippen molar-refractivity contribution in [1.29, 1.82) is 0 Å². The number of hydrogen-bond donors (Lipinski definition) is 0. The van der Waals surface area contributed by atoms with Gasteiger partial charge in [-0.15, -0.1) is 0 Å². The molecule has 0 unspecified atom stereocenters. The number of hydrogen-bond acceptors (Lipinski definition) is 5. The van der Waals surface area contributed by atoms with E-state index < -0.39 is 5.97 Å². The Morgan fingerprint density at radius 2 is 2.54 bits per heavy atom. The Morgan fingerprint density at radius 3 is 3.15 bits per heavy atom. The van der Waals surface area contributed by atoms with Crippen LogP contribution in [-0.4, -0.2) is 23.2 Å². The summed E-state index contributed by atoms with van der Waals surface area (Å²) in [6.45, 7) is 0. The first kappa shape index (κ1) is 9.51. The Labute approximate surface area is 80.3 Å². The van der Waals surface area contributed by atoms with Gasteiger partial charge in [0, 0.05) is 6.20 Å². The first-order valence-electron chi connectivity index (χ1n) is 3.40. The minimum Gasteiger partial charge on any atom is -0.464 e. The number of rotatable bonds is 2. The molecule has 0 saturated heterocycles. The maximum atomic E-state index is 11.1. The van der Waals surface area contributed by atoms with Crippen LogP contribution in [0.5, 0.6) is 0 Å². The molecule has 0 amide bonds. The van der Waals surface area contributed by atoms with Gasteiger partial charge >= 0.3 is 5.97 Å². The molecule has 0 aliphatic carbocycles. The summed E-state index contributed by atoms with van der Waals surface area (Å²) in [4.78, 5) is 18.6. The van der Waals surface area contributed by atoms with Gasteiger partial charge in [0.05, 0.1) is 12.3 Å². The molecule has 4 nitrogen and oxygen atoms in total. The highest BCUT2D eigenvalue weighted by Gasteiger charge is 2.11. The van der Waals surface area contributed by atoms with Gasteiger partial charge in [0.25, 0.3) is 0 Å². The number of pyridine rings is 1. The summed E-state index contributed by atoms with van der Waals surface area (Å²) in [5.41, 5.74) is 0.506. The molecule has 0 aromatic carbocycles. The van der Waals surface area contributed by atoms with Crippen molar-refractivity contribution in [3.63, 3.8) is 0 Å². The van der Waals surface area contributed by atoms with E-state index in [-0.39, 0.29) is 5.69 Å². The van der Waals surface area contributed by atoms with Crippen LogP contribution in [0, 0.1) is 0 Å². The van der Waals surface area contributed by atoms with E-state index in [2.05, 4.69) is 32.1 Å². The fourth-order valence-corrected chi connectivity index (χ4v) is 0.889. The van der Waals surface area contributed by atoms with Crippen molar-refractivity contribution < 1.29 is 9.53 Å². The van der Waals surface area contributed by atoms with Crippen molar-refractivity contribution in [2.75, 3.05) is 7.11 Å². The number of thiocarbonyl (C=S) groups is 1. The first-order chi connectivity index (χ1) is 6.29. The summed E-state index contributed by atoms with van der Waals surface area (Å²) in [6, 6.07) is 3.26. The molecule has 0 spiro atoms. The van der Waals surface area contributed by atoms with Crippen molar-refractivity contribution in [1.82, 2.24) is 4.98 Å². The van der Waals surface area contributed by atoms with Crippen molar-refractivity contribution in [3.8, 4) is 0 Å². The minimum absolute atomic E-state index is 0.141. The van der Waals surface area contributed by atoms with Crippen molar-refractivity contribution >= 4 is 29.0 Å². The van der Waals surface area contributed by atoms with Crippen LogP contribution in [0.1, 0.15) is 10.5 Å². The third kappa shape index (κ3) is 2.18. The van der Waals surface area contributed by atoms with Gasteiger partial charge in [0.15, 0.2) is 5.69 Å². The quantitative estimate of drug-likeness (QED) is 0.407. The molecule has 5 heteroatoms. The lowest BCUT2D eigenvalue weighted by Crippen LogP contribution is -2.03. The number of isothiocyanates is 1. The van der Waals surface area contributed by atoms with Gasteiger partial charge in [-0.25, -0.2) is 9.78 Å². The number of carbonyl (C=O) groups is 1. The molecule has 1 aromatic rings. The van der Waals surface area contributed by atoms with Crippen LogP contribution < -0.4 is 0 Å². The van der Waals surface area contributed by atoms with Crippen LogP contribution in [0.15, 0.2) is 23.3 Å². The standard InChI is InChI=1S/C8H6N2O2S/c1-12-8(11)7-6(10-5-13)3-2-4-9-7/h2-4H,1H3. The molecule has 66 valence electrons. The van der Waals surface area contributed by atoms with Gasteiger partial charge < -0.3 is 4.74 Å². The summed E-state index contributed by atoms with van der Waals surface area (Å²) in [7, 11) is 1.28. The molecule has 0 fully saturated rings. The maximum absolute atomic E-state index is 11.1. The second-order valence-electron chi connectivity index (χ2n) is 2.07. The van der Waals surface area contributed by atoms with Crippen molar-refractivity contribution in [2.45, 2.75) is 0 Å². The summed E-state index contributed by atoms with van der Waals surface area (Å²) < 4.78 is 4.50. The Kier molecular flexibility index (Phi) is 3.25. The van der Waals surface area contributed by atoms with Crippen LogP contribution >= 0.6 is 12.2 Å². The Hall–Kier alpha value is -1.58. The molecule has 1 heterocycles.